The Hall–Kier alpha value is -1.34. The zero-order valence-electron chi connectivity index (χ0n) is 9.88. The number of hydrogen-bond donors (Lipinski definition) is 2. The van der Waals surface area contributed by atoms with Crippen LogP contribution < -0.4 is 0 Å². The topological polar surface area (TPSA) is 96.3 Å². The van der Waals surface area contributed by atoms with Crippen LogP contribution >= 0.6 is 0 Å². The normalized spacial score (nSPS) is 20.5. The molecule has 1 amide bonds. The van der Waals surface area contributed by atoms with Crippen molar-refractivity contribution in [2.24, 2.45) is 0 Å². The van der Waals surface area contributed by atoms with Crippen molar-refractivity contribution in [1.29, 1.82) is 0 Å². The molecule has 0 radical (unpaired) electrons. The fraction of sp³-hybridized carbons (Fsp3) is 0.800. The van der Waals surface area contributed by atoms with Crippen LogP contribution in [0, 0.1) is 0 Å². The number of ether oxygens (including phenoxy) is 2. The lowest BCUT2D eigenvalue weighted by molar-refractivity contribution is -0.140. The summed E-state index contributed by atoms with van der Waals surface area (Å²) < 4.78 is 9.79. The smallest absolute Gasteiger partial charge is 0.410 e. The Balaban J connectivity index is 2.34. The van der Waals surface area contributed by atoms with E-state index < -0.39 is 23.7 Å². The maximum atomic E-state index is 11.2. The minimum absolute atomic E-state index is 0.0544. The summed E-state index contributed by atoms with van der Waals surface area (Å²) in [4.78, 5) is 22.9. The summed E-state index contributed by atoms with van der Waals surface area (Å²) in [7, 11) is 0. The molecule has 0 aliphatic carbocycles. The molecule has 2 N–H and O–H groups in total. The van der Waals surface area contributed by atoms with E-state index in [1.165, 1.54) is 0 Å². The van der Waals surface area contributed by atoms with Crippen molar-refractivity contribution in [3.63, 3.8) is 0 Å². The van der Waals surface area contributed by atoms with Gasteiger partial charge in [0.05, 0.1) is 12.2 Å². The summed E-state index contributed by atoms with van der Waals surface area (Å²) in [5, 5.41) is 18.2. The second kappa shape index (κ2) is 5.33. The largest absolute Gasteiger partial charge is 0.465 e. The van der Waals surface area contributed by atoms with Gasteiger partial charge in [0.2, 0.25) is 0 Å². The number of esters is 1. The van der Waals surface area contributed by atoms with E-state index in [4.69, 9.17) is 9.84 Å². The van der Waals surface area contributed by atoms with E-state index in [-0.39, 0.29) is 19.9 Å². The molecule has 98 valence electrons. The van der Waals surface area contributed by atoms with E-state index in [0.717, 1.165) is 4.90 Å². The van der Waals surface area contributed by atoms with E-state index in [2.05, 4.69) is 4.74 Å². The van der Waals surface area contributed by atoms with Gasteiger partial charge in [0, 0.05) is 6.61 Å². The zero-order valence-corrected chi connectivity index (χ0v) is 9.88. The van der Waals surface area contributed by atoms with Crippen LogP contribution in [0.4, 0.5) is 4.79 Å². The van der Waals surface area contributed by atoms with Gasteiger partial charge in [-0.3, -0.25) is 4.90 Å². The first-order chi connectivity index (χ1) is 7.81. The summed E-state index contributed by atoms with van der Waals surface area (Å²) in [6.07, 6.45) is -0.811. The van der Waals surface area contributed by atoms with Crippen LogP contribution in [0.1, 0.15) is 20.3 Å². The van der Waals surface area contributed by atoms with Crippen molar-refractivity contribution in [2.45, 2.75) is 31.9 Å². The van der Waals surface area contributed by atoms with Gasteiger partial charge in [-0.1, -0.05) is 0 Å². The predicted octanol–water partition coefficient (Wildman–Crippen LogP) is 0.0269. The highest BCUT2D eigenvalue weighted by molar-refractivity contribution is 5.83. The molecule has 7 nitrogen and oxygen atoms in total. The molecule has 1 aliphatic heterocycles. The van der Waals surface area contributed by atoms with Gasteiger partial charge in [-0.25, -0.2) is 9.59 Å². The van der Waals surface area contributed by atoms with Crippen LogP contribution in [-0.2, 0) is 14.3 Å². The van der Waals surface area contributed by atoms with E-state index in [1.54, 1.807) is 13.8 Å². The molecule has 1 saturated heterocycles. The van der Waals surface area contributed by atoms with E-state index in [0.29, 0.717) is 6.42 Å². The monoisotopic (exact) mass is 247 g/mol. The van der Waals surface area contributed by atoms with Crippen LogP contribution in [0.2, 0.25) is 0 Å². The zero-order chi connectivity index (χ0) is 13.1. The Labute approximate surface area is 98.9 Å². The summed E-state index contributed by atoms with van der Waals surface area (Å²) in [6.45, 7) is 3.23. The number of rotatable bonds is 5. The number of nitrogens with zero attached hydrogens (tertiary/aromatic N) is 1. The molecule has 0 bridgehead atoms. The molecule has 1 aliphatic rings. The van der Waals surface area contributed by atoms with Gasteiger partial charge >= 0.3 is 12.1 Å². The minimum atomic E-state index is -1.22. The van der Waals surface area contributed by atoms with Gasteiger partial charge < -0.3 is 19.7 Å². The predicted molar refractivity (Wildman–Crippen MR) is 56.3 cm³/mol. The number of hydrogen-bond acceptors (Lipinski definition) is 5. The van der Waals surface area contributed by atoms with Crippen molar-refractivity contribution < 1.29 is 29.3 Å². The van der Waals surface area contributed by atoms with Crippen molar-refractivity contribution in [1.82, 2.24) is 4.90 Å². The first-order valence-corrected chi connectivity index (χ1v) is 5.27. The quantitative estimate of drug-likeness (QED) is 0.525. The standard InChI is InChI=1S/C10H17NO6/c1-10(2,15)3-4-16-5-7-8(12)17-6-11(7)9(13)14/h7,15H,3-6H2,1-2H3,(H,13,14)/t7-/m0/s1. The van der Waals surface area contributed by atoms with Crippen molar-refractivity contribution >= 4 is 12.1 Å². The second-order valence-corrected chi connectivity index (χ2v) is 4.50. The van der Waals surface area contributed by atoms with E-state index in [9.17, 15) is 14.7 Å². The van der Waals surface area contributed by atoms with Crippen molar-refractivity contribution in [2.75, 3.05) is 19.9 Å². The first kappa shape index (κ1) is 13.7. The average molecular weight is 247 g/mol. The number of carbonyl (C=O) groups excluding carboxylic acids is 1. The maximum absolute atomic E-state index is 11.2. The van der Waals surface area contributed by atoms with Gasteiger partial charge in [0.1, 0.15) is 0 Å². The van der Waals surface area contributed by atoms with E-state index in [1.807, 2.05) is 0 Å². The third-order valence-corrected chi connectivity index (χ3v) is 2.37. The Morgan fingerprint density at radius 1 is 1.65 bits per heavy atom. The molecule has 0 aromatic rings. The van der Waals surface area contributed by atoms with Crippen molar-refractivity contribution in [3.8, 4) is 0 Å². The van der Waals surface area contributed by atoms with E-state index >= 15 is 0 Å². The van der Waals surface area contributed by atoms with Gasteiger partial charge in [-0.15, -0.1) is 0 Å². The Kier molecular flexibility index (Phi) is 4.30. The van der Waals surface area contributed by atoms with Crippen LogP contribution in [0.15, 0.2) is 0 Å². The van der Waals surface area contributed by atoms with Gasteiger partial charge in [0.25, 0.3) is 0 Å². The fourth-order valence-corrected chi connectivity index (χ4v) is 1.31. The highest BCUT2D eigenvalue weighted by Crippen LogP contribution is 2.13. The molecule has 0 aromatic carbocycles. The summed E-state index contributed by atoms with van der Waals surface area (Å²) in [6, 6.07) is -0.908. The highest BCUT2D eigenvalue weighted by Gasteiger charge is 2.38. The van der Waals surface area contributed by atoms with Crippen LogP contribution in [0.25, 0.3) is 0 Å². The Morgan fingerprint density at radius 2 is 2.29 bits per heavy atom. The molecule has 1 fully saturated rings. The molecule has 1 heterocycles. The molecule has 0 unspecified atom stereocenters. The van der Waals surface area contributed by atoms with Gasteiger partial charge in [-0.2, -0.15) is 0 Å². The molecule has 0 saturated carbocycles. The number of aliphatic hydroxyl groups is 1. The number of carboxylic acid groups (broad SMARTS) is 1. The molecule has 17 heavy (non-hydrogen) atoms. The number of carbonyl (C=O) groups is 2. The van der Waals surface area contributed by atoms with Gasteiger partial charge in [-0.05, 0) is 20.3 Å². The van der Waals surface area contributed by atoms with Gasteiger partial charge in [0.15, 0.2) is 12.8 Å². The summed E-state index contributed by atoms with van der Waals surface area (Å²) in [5.41, 5.74) is -0.845. The molecular formula is C10H17NO6. The Bertz CT molecular complexity index is 298. The lowest BCUT2D eigenvalue weighted by Gasteiger charge is -2.19. The minimum Gasteiger partial charge on any atom is -0.465 e. The second-order valence-electron chi connectivity index (χ2n) is 4.50. The van der Waals surface area contributed by atoms with Crippen molar-refractivity contribution in [3.05, 3.63) is 0 Å². The molecule has 0 spiro atoms. The molecule has 1 rings (SSSR count). The number of cyclic esters (lactones) is 1. The molecule has 7 heteroatoms. The highest BCUT2D eigenvalue weighted by atomic mass is 16.6. The lowest BCUT2D eigenvalue weighted by atomic mass is 10.1. The van der Waals surface area contributed by atoms with Crippen LogP contribution in [0.3, 0.4) is 0 Å². The van der Waals surface area contributed by atoms with Crippen LogP contribution in [0.5, 0.6) is 0 Å². The molecular weight excluding hydrogens is 230 g/mol. The maximum Gasteiger partial charge on any atom is 0.410 e. The third kappa shape index (κ3) is 4.20. The SMILES string of the molecule is CC(C)(O)CCOC[C@H]1C(=O)OCN1C(=O)O. The first-order valence-electron chi connectivity index (χ1n) is 5.27. The van der Waals surface area contributed by atoms with Crippen LogP contribution in [-0.4, -0.2) is 58.8 Å². The third-order valence-electron chi connectivity index (χ3n) is 2.37. The summed E-state index contributed by atoms with van der Waals surface area (Å²) >= 11 is 0. The Morgan fingerprint density at radius 3 is 2.82 bits per heavy atom. The number of amides is 1. The fourth-order valence-electron chi connectivity index (χ4n) is 1.31. The molecule has 0 aromatic heterocycles. The average Bonchev–Trinajstić information content (AvgIpc) is 2.53. The summed E-state index contributed by atoms with van der Waals surface area (Å²) in [5.74, 6) is -0.601. The molecule has 1 atom stereocenters. The lowest BCUT2D eigenvalue weighted by Crippen LogP contribution is -2.40.